The predicted octanol–water partition coefficient (Wildman–Crippen LogP) is 0.871. The van der Waals surface area contributed by atoms with Crippen LogP contribution >= 0.6 is 0 Å². The molecule has 0 spiro atoms. The lowest BCUT2D eigenvalue weighted by Gasteiger charge is -2.14. The Balaban J connectivity index is 2.26. The highest BCUT2D eigenvalue weighted by Crippen LogP contribution is 2.19. The predicted molar refractivity (Wildman–Crippen MR) is 63.5 cm³/mol. The van der Waals surface area contributed by atoms with Crippen LogP contribution < -0.4 is 10.6 Å². The van der Waals surface area contributed by atoms with Crippen molar-refractivity contribution in [2.24, 2.45) is 0 Å². The molecule has 1 atom stereocenters. The highest BCUT2D eigenvalue weighted by Gasteiger charge is 2.22. The molecule has 1 aliphatic heterocycles. The number of carbonyl (C=O) groups is 1. The topological polar surface area (TPSA) is 77.8 Å². The quantitative estimate of drug-likeness (QED) is 0.790. The molecule has 2 rings (SSSR count). The number of amides is 1. The lowest BCUT2D eigenvalue weighted by atomic mass is 10.1. The second-order valence-corrected chi connectivity index (χ2v) is 4.27. The number of nitriles is 1. The second-order valence-electron chi connectivity index (χ2n) is 4.27. The van der Waals surface area contributed by atoms with Crippen LogP contribution in [0.25, 0.3) is 0 Å². The molecule has 5 heteroatoms. The number of rotatable bonds is 2. The van der Waals surface area contributed by atoms with Crippen LogP contribution in [0.2, 0.25) is 0 Å². The molecule has 5 nitrogen and oxygen atoms in total. The number of pyridine rings is 1. The van der Waals surface area contributed by atoms with Crippen molar-refractivity contribution in [2.45, 2.75) is 26.3 Å². The van der Waals surface area contributed by atoms with Gasteiger partial charge in [-0.05, 0) is 25.5 Å². The largest absolute Gasteiger partial charge is 0.364 e. The van der Waals surface area contributed by atoms with Gasteiger partial charge in [-0.15, -0.1) is 0 Å². The Bertz CT molecular complexity index is 504. The summed E-state index contributed by atoms with van der Waals surface area (Å²) in [6, 6.07) is 4.04. The molecule has 1 aromatic heterocycles. The van der Waals surface area contributed by atoms with Gasteiger partial charge in [0, 0.05) is 18.7 Å². The van der Waals surface area contributed by atoms with Crippen molar-refractivity contribution in [1.82, 2.24) is 10.3 Å². The van der Waals surface area contributed by atoms with Crippen molar-refractivity contribution in [3.05, 3.63) is 22.9 Å². The number of nitrogens with zero attached hydrogens (tertiary/aromatic N) is 2. The van der Waals surface area contributed by atoms with Gasteiger partial charge in [-0.2, -0.15) is 5.26 Å². The van der Waals surface area contributed by atoms with E-state index in [0.29, 0.717) is 24.3 Å². The van der Waals surface area contributed by atoms with Crippen LogP contribution in [0.4, 0.5) is 5.82 Å². The van der Waals surface area contributed by atoms with Crippen LogP contribution in [-0.4, -0.2) is 23.5 Å². The molecule has 0 aliphatic carbocycles. The first-order valence-electron chi connectivity index (χ1n) is 5.51. The van der Waals surface area contributed by atoms with E-state index in [1.165, 1.54) is 0 Å². The Morgan fingerprint density at radius 2 is 2.35 bits per heavy atom. The molecule has 1 fully saturated rings. The molecular formula is C12H14N4O. The van der Waals surface area contributed by atoms with Gasteiger partial charge in [0.2, 0.25) is 5.91 Å². The van der Waals surface area contributed by atoms with E-state index in [1.54, 1.807) is 0 Å². The zero-order valence-corrected chi connectivity index (χ0v) is 9.87. The van der Waals surface area contributed by atoms with Gasteiger partial charge in [-0.1, -0.05) is 0 Å². The summed E-state index contributed by atoms with van der Waals surface area (Å²) in [6.45, 7) is 4.35. The van der Waals surface area contributed by atoms with E-state index in [2.05, 4.69) is 21.7 Å². The molecule has 1 saturated heterocycles. The minimum atomic E-state index is 0.0169. The van der Waals surface area contributed by atoms with Crippen molar-refractivity contribution in [2.75, 3.05) is 11.9 Å². The summed E-state index contributed by atoms with van der Waals surface area (Å²) in [4.78, 5) is 15.4. The first kappa shape index (κ1) is 11.4. The van der Waals surface area contributed by atoms with Gasteiger partial charge in [0.05, 0.1) is 11.6 Å². The van der Waals surface area contributed by atoms with Crippen molar-refractivity contribution in [3.63, 3.8) is 0 Å². The summed E-state index contributed by atoms with van der Waals surface area (Å²) in [5, 5.41) is 15.0. The fraction of sp³-hybridized carbons (Fsp3) is 0.417. The Hall–Kier alpha value is -2.09. The van der Waals surface area contributed by atoms with Gasteiger partial charge in [0.25, 0.3) is 0 Å². The standard InChI is InChI=1S/C12H14N4O/c1-7-3-8(2)15-12(10(7)5-13)16-9-4-11(17)14-6-9/h3,9H,4,6H2,1-2H3,(H,14,17)(H,15,16). The monoisotopic (exact) mass is 230 g/mol. The van der Waals surface area contributed by atoms with Gasteiger partial charge in [0.15, 0.2) is 0 Å². The summed E-state index contributed by atoms with van der Waals surface area (Å²) < 4.78 is 0. The van der Waals surface area contributed by atoms with Gasteiger partial charge in [-0.25, -0.2) is 4.98 Å². The molecule has 1 amide bonds. The smallest absolute Gasteiger partial charge is 0.222 e. The maximum atomic E-state index is 11.1. The third-order valence-electron chi connectivity index (χ3n) is 2.77. The van der Waals surface area contributed by atoms with Crippen LogP contribution in [0.1, 0.15) is 23.2 Å². The Morgan fingerprint density at radius 3 is 2.94 bits per heavy atom. The average Bonchev–Trinajstić information content (AvgIpc) is 2.63. The summed E-state index contributed by atoms with van der Waals surface area (Å²) in [7, 11) is 0. The molecule has 0 saturated carbocycles. The first-order chi connectivity index (χ1) is 8.10. The first-order valence-corrected chi connectivity index (χ1v) is 5.51. The van der Waals surface area contributed by atoms with E-state index in [1.807, 2.05) is 19.9 Å². The van der Waals surface area contributed by atoms with Gasteiger partial charge in [0.1, 0.15) is 11.9 Å². The normalized spacial score (nSPS) is 18.6. The number of hydrogen-bond acceptors (Lipinski definition) is 4. The third kappa shape index (κ3) is 2.36. The van der Waals surface area contributed by atoms with Gasteiger partial charge < -0.3 is 10.6 Å². The summed E-state index contributed by atoms with van der Waals surface area (Å²) in [5.41, 5.74) is 2.32. The van der Waals surface area contributed by atoms with Crippen LogP contribution in [0.15, 0.2) is 6.07 Å². The zero-order chi connectivity index (χ0) is 12.4. The van der Waals surface area contributed by atoms with E-state index in [4.69, 9.17) is 5.26 Å². The lowest BCUT2D eigenvalue weighted by molar-refractivity contribution is -0.119. The van der Waals surface area contributed by atoms with Crippen molar-refractivity contribution in [3.8, 4) is 6.07 Å². The average molecular weight is 230 g/mol. The minimum absolute atomic E-state index is 0.0169. The molecule has 88 valence electrons. The maximum absolute atomic E-state index is 11.1. The number of carbonyl (C=O) groups excluding carboxylic acids is 1. The molecule has 0 radical (unpaired) electrons. The number of anilines is 1. The highest BCUT2D eigenvalue weighted by molar-refractivity contribution is 5.79. The van der Waals surface area contributed by atoms with E-state index in [9.17, 15) is 4.79 Å². The van der Waals surface area contributed by atoms with Crippen molar-refractivity contribution >= 4 is 11.7 Å². The van der Waals surface area contributed by atoms with E-state index in [0.717, 1.165) is 11.3 Å². The fourth-order valence-corrected chi connectivity index (χ4v) is 1.98. The molecule has 2 N–H and O–H groups in total. The molecule has 1 aromatic rings. The van der Waals surface area contributed by atoms with Crippen LogP contribution in [0, 0.1) is 25.2 Å². The summed E-state index contributed by atoms with van der Waals surface area (Å²) in [5.74, 6) is 0.608. The lowest BCUT2D eigenvalue weighted by Crippen LogP contribution is -2.23. The van der Waals surface area contributed by atoms with Gasteiger partial charge >= 0.3 is 0 Å². The summed E-state index contributed by atoms with van der Waals surface area (Å²) >= 11 is 0. The second kappa shape index (κ2) is 4.42. The van der Waals surface area contributed by atoms with E-state index >= 15 is 0 Å². The number of aryl methyl sites for hydroxylation is 2. The summed E-state index contributed by atoms with van der Waals surface area (Å²) in [6.07, 6.45) is 0.430. The molecule has 0 aromatic carbocycles. The van der Waals surface area contributed by atoms with Crippen LogP contribution in [0.5, 0.6) is 0 Å². The number of nitrogens with one attached hydrogen (secondary N) is 2. The number of hydrogen-bond donors (Lipinski definition) is 2. The Kier molecular flexibility index (Phi) is 2.96. The molecule has 1 aliphatic rings. The van der Waals surface area contributed by atoms with Crippen molar-refractivity contribution < 1.29 is 4.79 Å². The molecule has 17 heavy (non-hydrogen) atoms. The Labute approximate surface area is 99.9 Å². The van der Waals surface area contributed by atoms with Crippen molar-refractivity contribution in [1.29, 1.82) is 5.26 Å². The number of aromatic nitrogens is 1. The van der Waals surface area contributed by atoms with Crippen LogP contribution in [-0.2, 0) is 4.79 Å². The highest BCUT2D eigenvalue weighted by atomic mass is 16.1. The van der Waals surface area contributed by atoms with E-state index < -0.39 is 0 Å². The third-order valence-corrected chi connectivity index (χ3v) is 2.77. The van der Waals surface area contributed by atoms with Gasteiger partial charge in [-0.3, -0.25) is 4.79 Å². The zero-order valence-electron chi connectivity index (χ0n) is 9.87. The minimum Gasteiger partial charge on any atom is -0.364 e. The maximum Gasteiger partial charge on any atom is 0.222 e. The molecule has 1 unspecified atom stereocenters. The molecule has 2 heterocycles. The SMILES string of the molecule is Cc1cc(C)c(C#N)c(NC2CNC(=O)C2)n1. The molecule has 0 bridgehead atoms. The fourth-order valence-electron chi connectivity index (χ4n) is 1.98. The van der Waals surface area contributed by atoms with E-state index in [-0.39, 0.29) is 11.9 Å². The molecular weight excluding hydrogens is 216 g/mol. The Morgan fingerprint density at radius 1 is 1.59 bits per heavy atom. The van der Waals surface area contributed by atoms with Crippen LogP contribution in [0.3, 0.4) is 0 Å².